The van der Waals surface area contributed by atoms with Crippen molar-refractivity contribution in [3.63, 3.8) is 0 Å². The molecule has 5 heteroatoms. The molecule has 0 aliphatic carbocycles. The third-order valence-electron chi connectivity index (χ3n) is 4.91. The number of phenolic OH excluding ortho intramolecular Hbond substituents is 1. The minimum absolute atomic E-state index is 0.0928. The first kappa shape index (κ1) is 17.7. The lowest BCUT2D eigenvalue weighted by Crippen LogP contribution is -2.34. The van der Waals surface area contributed by atoms with E-state index in [1.807, 2.05) is 12.1 Å². The Labute approximate surface area is 147 Å². The maximum Gasteiger partial charge on any atom is 0.165 e. The summed E-state index contributed by atoms with van der Waals surface area (Å²) in [5, 5.41) is 23.2. The molecule has 2 aromatic carbocycles. The maximum absolute atomic E-state index is 13.5. The van der Waals surface area contributed by atoms with E-state index in [4.69, 9.17) is 4.74 Å². The predicted molar refractivity (Wildman–Crippen MR) is 94.3 cm³/mol. The fourth-order valence-corrected chi connectivity index (χ4v) is 3.40. The van der Waals surface area contributed by atoms with Gasteiger partial charge in [0.15, 0.2) is 11.6 Å². The molecule has 1 heterocycles. The van der Waals surface area contributed by atoms with Crippen LogP contribution in [0.4, 0.5) is 4.39 Å². The van der Waals surface area contributed by atoms with Gasteiger partial charge < -0.3 is 20.3 Å². The fourth-order valence-electron chi connectivity index (χ4n) is 3.40. The van der Waals surface area contributed by atoms with Gasteiger partial charge in [0.05, 0.1) is 13.2 Å². The topological polar surface area (TPSA) is 61.7 Å². The lowest BCUT2D eigenvalue weighted by molar-refractivity contribution is 0.134. The van der Waals surface area contributed by atoms with Gasteiger partial charge in [-0.2, -0.15) is 0 Å². The molecule has 0 radical (unpaired) electrons. The van der Waals surface area contributed by atoms with Gasteiger partial charge in [0.25, 0.3) is 0 Å². The van der Waals surface area contributed by atoms with Crippen LogP contribution in [-0.4, -0.2) is 29.4 Å². The molecule has 4 nitrogen and oxygen atoms in total. The lowest BCUT2D eigenvalue weighted by Gasteiger charge is -2.20. The van der Waals surface area contributed by atoms with Crippen LogP contribution in [0.15, 0.2) is 42.5 Å². The van der Waals surface area contributed by atoms with E-state index in [1.54, 1.807) is 13.2 Å². The van der Waals surface area contributed by atoms with Gasteiger partial charge in [0, 0.05) is 12.1 Å². The van der Waals surface area contributed by atoms with E-state index in [-0.39, 0.29) is 6.04 Å². The Bertz CT molecular complexity index is 705. The van der Waals surface area contributed by atoms with E-state index in [9.17, 15) is 14.6 Å². The zero-order chi connectivity index (χ0) is 17.8. The largest absolute Gasteiger partial charge is 0.505 e. The Balaban J connectivity index is 1.52. The molecule has 1 aliphatic rings. The normalized spacial score (nSPS) is 21.2. The standard InChI is InChI=1S/C20H24FNO3/c1-25-16-8-3-13(4-9-16)2-6-15-7-10-18(22-15)20(24)14-5-11-19(23)17(21)12-14/h3-5,8-9,11-12,15,18,20,22-24H,2,6-7,10H2,1H3/t15-,18-,20?/m1/s1. The van der Waals surface area contributed by atoms with Gasteiger partial charge in [-0.1, -0.05) is 18.2 Å². The molecule has 1 aliphatic heterocycles. The molecule has 3 atom stereocenters. The number of aromatic hydroxyl groups is 1. The van der Waals surface area contributed by atoms with Crippen molar-refractivity contribution in [3.05, 3.63) is 59.4 Å². The van der Waals surface area contributed by atoms with Crippen LogP contribution >= 0.6 is 0 Å². The van der Waals surface area contributed by atoms with Gasteiger partial charge in [0.2, 0.25) is 0 Å². The summed E-state index contributed by atoms with van der Waals surface area (Å²) in [6, 6.07) is 12.4. The van der Waals surface area contributed by atoms with Crippen molar-refractivity contribution in [2.24, 2.45) is 0 Å². The highest BCUT2D eigenvalue weighted by Crippen LogP contribution is 2.29. The Morgan fingerprint density at radius 2 is 1.96 bits per heavy atom. The molecule has 134 valence electrons. The average Bonchev–Trinajstić information content (AvgIpc) is 3.11. The number of aliphatic hydroxyl groups excluding tert-OH is 1. The van der Waals surface area contributed by atoms with Crippen molar-refractivity contribution in [1.29, 1.82) is 0 Å². The fraction of sp³-hybridized carbons (Fsp3) is 0.400. The molecule has 0 saturated carbocycles. The van der Waals surface area contributed by atoms with Gasteiger partial charge in [0.1, 0.15) is 5.75 Å². The molecular formula is C20H24FNO3. The molecule has 0 spiro atoms. The first-order chi connectivity index (χ1) is 12.1. The maximum atomic E-state index is 13.5. The average molecular weight is 345 g/mol. The molecule has 25 heavy (non-hydrogen) atoms. The number of phenols is 1. The number of hydrogen-bond donors (Lipinski definition) is 3. The summed E-state index contributed by atoms with van der Waals surface area (Å²) in [5.41, 5.74) is 1.75. The molecule has 3 rings (SSSR count). The van der Waals surface area contributed by atoms with E-state index in [0.29, 0.717) is 11.6 Å². The van der Waals surface area contributed by atoms with Crippen LogP contribution < -0.4 is 10.1 Å². The number of nitrogens with one attached hydrogen (secondary N) is 1. The number of halogens is 1. The summed E-state index contributed by atoms with van der Waals surface area (Å²) >= 11 is 0. The van der Waals surface area contributed by atoms with Crippen molar-refractivity contribution in [2.75, 3.05) is 7.11 Å². The zero-order valence-corrected chi connectivity index (χ0v) is 14.3. The van der Waals surface area contributed by atoms with Gasteiger partial charge in [-0.25, -0.2) is 4.39 Å². The highest BCUT2D eigenvalue weighted by molar-refractivity contribution is 5.30. The molecule has 0 bridgehead atoms. The van der Waals surface area contributed by atoms with Gasteiger partial charge in [-0.15, -0.1) is 0 Å². The summed E-state index contributed by atoms with van der Waals surface area (Å²) in [4.78, 5) is 0. The van der Waals surface area contributed by atoms with Crippen molar-refractivity contribution in [3.8, 4) is 11.5 Å². The Kier molecular flexibility index (Phi) is 5.56. The highest BCUT2D eigenvalue weighted by atomic mass is 19.1. The second-order valence-corrected chi connectivity index (χ2v) is 6.59. The number of methoxy groups -OCH3 is 1. The van der Waals surface area contributed by atoms with Crippen molar-refractivity contribution >= 4 is 0 Å². The van der Waals surface area contributed by atoms with Crippen LogP contribution in [-0.2, 0) is 6.42 Å². The Hall–Kier alpha value is -2.11. The first-order valence-corrected chi connectivity index (χ1v) is 8.62. The molecular weight excluding hydrogens is 321 g/mol. The SMILES string of the molecule is COc1ccc(CC[C@@H]2CC[C@H](C(O)c3ccc(O)c(F)c3)N2)cc1. The predicted octanol–water partition coefficient (Wildman–Crippen LogP) is 3.33. The number of benzene rings is 2. The Morgan fingerprint density at radius 1 is 1.20 bits per heavy atom. The number of hydrogen-bond acceptors (Lipinski definition) is 4. The smallest absolute Gasteiger partial charge is 0.165 e. The van der Waals surface area contributed by atoms with Crippen LogP contribution in [0.1, 0.15) is 36.5 Å². The monoisotopic (exact) mass is 345 g/mol. The summed E-state index contributed by atoms with van der Waals surface area (Å²) in [7, 11) is 1.66. The summed E-state index contributed by atoms with van der Waals surface area (Å²) < 4.78 is 18.6. The van der Waals surface area contributed by atoms with E-state index in [1.165, 1.54) is 17.7 Å². The molecule has 0 aromatic heterocycles. The molecule has 2 aromatic rings. The van der Waals surface area contributed by atoms with Crippen molar-refractivity contribution in [2.45, 2.75) is 43.9 Å². The second-order valence-electron chi connectivity index (χ2n) is 6.59. The summed E-state index contributed by atoms with van der Waals surface area (Å²) in [6.45, 7) is 0. The van der Waals surface area contributed by atoms with E-state index in [2.05, 4.69) is 17.4 Å². The number of aryl methyl sites for hydroxylation is 1. The molecule has 1 fully saturated rings. The van der Waals surface area contributed by atoms with E-state index < -0.39 is 17.7 Å². The minimum Gasteiger partial charge on any atom is -0.505 e. The van der Waals surface area contributed by atoms with Crippen molar-refractivity contribution in [1.82, 2.24) is 5.32 Å². The lowest BCUT2D eigenvalue weighted by atomic mass is 10.0. The molecule has 3 N–H and O–H groups in total. The molecule has 1 unspecified atom stereocenters. The third-order valence-corrected chi connectivity index (χ3v) is 4.91. The van der Waals surface area contributed by atoms with E-state index in [0.717, 1.165) is 31.4 Å². The number of ether oxygens (including phenoxy) is 1. The van der Waals surface area contributed by atoms with Crippen LogP contribution in [0.25, 0.3) is 0 Å². The molecule has 1 saturated heterocycles. The zero-order valence-electron chi connectivity index (χ0n) is 14.3. The number of rotatable bonds is 6. The van der Waals surface area contributed by atoms with Crippen LogP contribution in [0, 0.1) is 5.82 Å². The molecule has 0 amide bonds. The van der Waals surface area contributed by atoms with E-state index >= 15 is 0 Å². The van der Waals surface area contributed by atoms with Crippen LogP contribution in [0.5, 0.6) is 11.5 Å². The first-order valence-electron chi connectivity index (χ1n) is 8.62. The van der Waals surface area contributed by atoms with Gasteiger partial charge in [-0.05, 0) is 61.1 Å². The van der Waals surface area contributed by atoms with Gasteiger partial charge in [-0.3, -0.25) is 0 Å². The highest BCUT2D eigenvalue weighted by Gasteiger charge is 2.30. The van der Waals surface area contributed by atoms with Crippen LogP contribution in [0.2, 0.25) is 0 Å². The van der Waals surface area contributed by atoms with Crippen LogP contribution in [0.3, 0.4) is 0 Å². The summed E-state index contributed by atoms with van der Waals surface area (Å²) in [6.07, 6.45) is 2.99. The quantitative estimate of drug-likeness (QED) is 0.752. The van der Waals surface area contributed by atoms with Gasteiger partial charge >= 0.3 is 0 Å². The third kappa shape index (κ3) is 4.30. The second kappa shape index (κ2) is 7.85. The minimum atomic E-state index is -0.777. The summed E-state index contributed by atoms with van der Waals surface area (Å²) in [5.74, 6) is -0.245. The number of aliphatic hydroxyl groups is 1. The van der Waals surface area contributed by atoms with Crippen molar-refractivity contribution < 1.29 is 19.3 Å². The Morgan fingerprint density at radius 3 is 2.64 bits per heavy atom.